The lowest BCUT2D eigenvalue weighted by atomic mass is 9.99. The van der Waals surface area contributed by atoms with Crippen LogP contribution in [0.4, 0.5) is 23.8 Å². The Morgan fingerprint density at radius 1 is 1.00 bits per heavy atom. The van der Waals surface area contributed by atoms with Crippen molar-refractivity contribution in [3.05, 3.63) is 75.4 Å². The number of aryl methyl sites for hydroxylation is 2. The SMILES string of the molecule is Cc1cc(NC(=O)NC(=O)c2c(Cl)cccc2Cl)nc(C)c1-c1ccc(OC(F)(F)F)cc1. The summed E-state index contributed by atoms with van der Waals surface area (Å²) in [5.74, 6) is -0.955. The molecule has 11 heteroatoms. The average Bonchev–Trinajstić information content (AvgIpc) is 2.67. The second-order valence-corrected chi connectivity index (χ2v) is 7.68. The summed E-state index contributed by atoms with van der Waals surface area (Å²) < 4.78 is 40.9. The smallest absolute Gasteiger partial charge is 0.406 e. The molecule has 0 atom stereocenters. The summed E-state index contributed by atoms with van der Waals surface area (Å²) in [5.41, 5.74) is 2.47. The number of benzene rings is 2. The lowest BCUT2D eigenvalue weighted by molar-refractivity contribution is -0.274. The normalized spacial score (nSPS) is 11.1. The number of carbonyl (C=O) groups excluding carboxylic acids is 2. The van der Waals surface area contributed by atoms with E-state index in [0.717, 1.165) is 0 Å². The predicted octanol–water partition coefficient (Wildman–Crippen LogP) is 6.53. The second-order valence-electron chi connectivity index (χ2n) is 6.86. The van der Waals surface area contributed by atoms with E-state index in [1.165, 1.54) is 36.4 Å². The molecule has 1 aromatic heterocycles. The molecule has 0 aliphatic heterocycles. The Bertz CT molecular complexity index is 1170. The maximum absolute atomic E-state index is 12.4. The van der Waals surface area contributed by atoms with E-state index in [4.69, 9.17) is 23.2 Å². The number of halogens is 5. The van der Waals surface area contributed by atoms with Crippen molar-refractivity contribution in [2.45, 2.75) is 20.2 Å². The molecule has 0 aliphatic carbocycles. The summed E-state index contributed by atoms with van der Waals surface area (Å²) >= 11 is 11.9. The van der Waals surface area contributed by atoms with E-state index >= 15 is 0 Å². The summed E-state index contributed by atoms with van der Waals surface area (Å²) in [6, 6.07) is 10.6. The van der Waals surface area contributed by atoms with Gasteiger partial charge in [-0.2, -0.15) is 0 Å². The van der Waals surface area contributed by atoms with E-state index in [-0.39, 0.29) is 27.2 Å². The third kappa shape index (κ3) is 6.15. The molecule has 3 rings (SSSR count). The van der Waals surface area contributed by atoms with Gasteiger partial charge in [-0.3, -0.25) is 15.4 Å². The third-order valence-corrected chi connectivity index (χ3v) is 5.06. The van der Waals surface area contributed by atoms with Crippen LogP contribution in [0.3, 0.4) is 0 Å². The van der Waals surface area contributed by atoms with Gasteiger partial charge < -0.3 is 4.74 Å². The van der Waals surface area contributed by atoms with E-state index in [2.05, 4.69) is 20.4 Å². The van der Waals surface area contributed by atoms with E-state index in [1.807, 2.05) is 0 Å². The number of nitrogens with one attached hydrogen (secondary N) is 2. The van der Waals surface area contributed by atoms with Crippen molar-refractivity contribution < 1.29 is 27.5 Å². The molecule has 0 fully saturated rings. The number of carbonyl (C=O) groups is 2. The lowest BCUT2D eigenvalue weighted by Crippen LogP contribution is -2.35. The number of rotatable bonds is 4. The highest BCUT2D eigenvalue weighted by Crippen LogP contribution is 2.31. The van der Waals surface area contributed by atoms with Crippen LogP contribution in [0.2, 0.25) is 10.0 Å². The Kier molecular flexibility index (Phi) is 7.14. The van der Waals surface area contributed by atoms with Gasteiger partial charge in [0.05, 0.1) is 15.6 Å². The molecule has 0 bridgehead atoms. The Hall–Kier alpha value is -3.30. The van der Waals surface area contributed by atoms with Gasteiger partial charge in [0.15, 0.2) is 0 Å². The van der Waals surface area contributed by atoms with E-state index in [9.17, 15) is 22.8 Å². The fourth-order valence-electron chi connectivity index (χ4n) is 3.18. The molecular weight excluding hydrogens is 482 g/mol. The third-order valence-electron chi connectivity index (χ3n) is 4.43. The number of alkyl halides is 3. The number of aromatic nitrogens is 1. The molecule has 172 valence electrons. The molecule has 0 unspecified atom stereocenters. The summed E-state index contributed by atoms with van der Waals surface area (Å²) in [7, 11) is 0. The van der Waals surface area contributed by atoms with Crippen LogP contribution in [0.1, 0.15) is 21.6 Å². The summed E-state index contributed by atoms with van der Waals surface area (Å²) in [5, 5.41) is 4.78. The highest BCUT2D eigenvalue weighted by Gasteiger charge is 2.31. The highest BCUT2D eigenvalue weighted by molar-refractivity contribution is 6.40. The number of amides is 3. The number of ether oxygens (including phenoxy) is 1. The number of anilines is 1. The largest absolute Gasteiger partial charge is 0.573 e. The van der Waals surface area contributed by atoms with Gasteiger partial charge in [-0.15, -0.1) is 13.2 Å². The minimum atomic E-state index is -4.78. The number of nitrogens with zero attached hydrogens (tertiary/aromatic N) is 1. The standard InChI is InChI=1S/C22H16Cl2F3N3O3/c1-11-10-17(29-21(32)30-20(31)19-15(23)4-3-5-16(19)24)28-12(2)18(11)13-6-8-14(9-7-13)33-22(25,26)27/h3-10H,1-2H3,(H2,28,29,30,31,32). The van der Waals surface area contributed by atoms with Gasteiger partial charge in [0.25, 0.3) is 5.91 Å². The molecule has 0 saturated heterocycles. The first kappa shape index (κ1) is 24.3. The Labute approximate surface area is 196 Å². The number of imide groups is 1. The predicted molar refractivity (Wildman–Crippen MR) is 119 cm³/mol. The molecule has 0 spiro atoms. The number of hydrogen-bond donors (Lipinski definition) is 2. The van der Waals surface area contributed by atoms with Gasteiger partial charge in [-0.1, -0.05) is 41.4 Å². The van der Waals surface area contributed by atoms with Gasteiger partial charge >= 0.3 is 12.4 Å². The van der Waals surface area contributed by atoms with Crippen molar-refractivity contribution in [2.75, 3.05) is 5.32 Å². The van der Waals surface area contributed by atoms with Crippen molar-refractivity contribution in [1.82, 2.24) is 10.3 Å². The molecule has 33 heavy (non-hydrogen) atoms. The van der Waals surface area contributed by atoms with Crippen LogP contribution in [-0.2, 0) is 0 Å². The maximum atomic E-state index is 12.4. The van der Waals surface area contributed by atoms with Gasteiger partial charge in [0, 0.05) is 11.3 Å². The molecule has 3 aromatic rings. The van der Waals surface area contributed by atoms with Crippen molar-refractivity contribution in [3.8, 4) is 16.9 Å². The van der Waals surface area contributed by atoms with Crippen LogP contribution >= 0.6 is 23.2 Å². The minimum Gasteiger partial charge on any atom is -0.406 e. The van der Waals surface area contributed by atoms with Gasteiger partial charge in [0.1, 0.15) is 11.6 Å². The molecule has 0 radical (unpaired) electrons. The zero-order valence-corrected chi connectivity index (χ0v) is 18.7. The van der Waals surface area contributed by atoms with Crippen LogP contribution in [0, 0.1) is 13.8 Å². The number of urea groups is 1. The molecule has 0 saturated carbocycles. The van der Waals surface area contributed by atoms with Crippen molar-refractivity contribution in [3.63, 3.8) is 0 Å². The van der Waals surface area contributed by atoms with E-state index in [0.29, 0.717) is 22.4 Å². The van der Waals surface area contributed by atoms with Crippen molar-refractivity contribution >= 4 is 41.0 Å². The Balaban J connectivity index is 1.75. The number of hydrogen-bond acceptors (Lipinski definition) is 4. The summed E-state index contributed by atoms with van der Waals surface area (Å²) in [4.78, 5) is 28.9. The number of pyridine rings is 1. The van der Waals surface area contributed by atoms with Crippen LogP contribution in [-0.4, -0.2) is 23.3 Å². The molecule has 0 aliphatic rings. The fourth-order valence-corrected chi connectivity index (χ4v) is 3.75. The van der Waals surface area contributed by atoms with Gasteiger partial charge in [0.2, 0.25) is 0 Å². The first-order valence-corrected chi connectivity index (χ1v) is 10.1. The Morgan fingerprint density at radius 2 is 1.61 bits per heavy atom. The van der Waals surface area contributed by atoms with Gasteiger partial charge in [-0.05, 0) is 55.3 Å². The molecule has 6 nitrogen and oxygen atoms in total. The van der Waals surface area contributed by atoms with Crippen LogP contribution < -0.4 is 15.4 Å². The average molecular weight is 498 g/mol. The molecular formula is C22H16Cl2F3N3O3. The topological polar surface area (TPSA) is 80.3 Å². The van der Waals surface area contributed by atoms with E-state index < -0.39 is 18.3 Å². The fraction of sp³-hybridized carbons (Fsp3) is 0.136. The lowest BCUT2D eigenvalue weighted by Gasteiger charge is -2.14. The van der Waals surface area contributed by atoms with Crippen molar-refractivity contribution in [1.29, 1.82) is 0 Å². The van der Waals surface area contributed by atoms with Crippen LogP contribution in [0.5, 0.6) is 5.75 Å². The summed E-state index contributed by atoms with van der Waals surface area (Å²) in [6.45, 7) is 3.43. The quantitative estimate of drug-likeness (QED) is 0.429. The minimum absolute atomic E-state index is 0.0374. The van der Waals surface area contributed by atoms with E-state index in [1.54, 1.807) is 26.0 Å². The summed E-state index contributed by atoms with van der Waals surface area (Å²) in [6.07, 6.45) is -4.78. The molecule has 2 aromatic carbocycles. The maximum Gasteiger partial charge on any atom is 0.573 e. The second kappa shape index (κ2) is 9.68. The van der Waals surface area contributed by atoms with Crippen LogP contribution in [0.15, 0.2) is 48.5 Å². The molecule has 3 amide bonds. The zero-order chi connectivity index (χ0) is 24.3. The zero-order valence-electron chi connectivity index (χ0n) is 17.2. The van der Waals surface area contributed by atoms with Crippen molar-refractivity contribution in [2.24, 2.45) is 0 Å². The van der Waals surface area contributed by atoms with Crippen LogP contribution in [0.25, 0.3) is 11.1 Å². The monoisotopic (exact) mass is 497 g/mol. The molecule has 1 heterocycles. The first-order chi connectivity index (χ1) is 15.4. The highest BCUT2D eigenvalue weighted by atomic mass is 35.5. The van der Waals surface area contributed by atoms with Gasteiger partial charge in [-0.25, -0.2) is 9.78 Å². The Morgan fingerprint density at radius 3 is 2.15 bits per heavy atom. The first-order valence-electron chi connectivity index (χ1n) is 9.35. The molecule has 2 N–H and O–H groups in total.